The summed E-state index contributed by atoms with van der Waals surface area (Å²) in [5, 5.41) is 0. The summed E-state index contributed by atoms with van der Waals surface area (Å²) in [5.41, 5.74) is 7.14. The summed E-state index contributed by atoms with van der Waals surface area (Å²) in [6.45, 7) is 1.69. The lowest BCUT2D eigenvalue weighted by atomic mass is 10.1. The third kappa shape index (κ3) is 3.62. The summed E-state index contributed by atoms with van der Waals surface area (Å²) in [7, 11) is 0. The van der Waals surface area contributed by atoms with Gasteiger partial charge in [-0.05, 0) is 13.0 Å². The van der Waals surface area contributed by atoms with Crippen LogP contribution >= 0.6 is 12.4 Å². The molecule has 0 bridgehead atoms. The fourth-order valence-electron chi connectivity index (χ4n) is 1.07. The smallest absolute Gasteiger partial charge is 0.324 e. The Morgan fingerprint density at radius 3 is 2.80 bits per heavy atom. The highest BCUT2D eigenvalue weighted by atomic mass is 35.5. The minimum atomic E-state index is -0.465. The molecule has 0 aliphatic carbocycles. The van der Waals surface area contributed by atoms with Gasteiger partial charge in [0.15, 0.2) is 5.82 Å². The fraction of sp³-hybridized carbons (Fsp3) is 0.222. The van der Waals surface area contributed by atoms with Crippen LogP contribution in [0, 0.1) is 5.82 Å². The summed E-state index contributed by atoms with van der Waals surface area (Å²) in [4.78, 5) is 3.66. The van der Waals surface area contributed by atoms with Crippen LogP contribution in [0.2, 0.25) is 0 Å². The molecule has 1 aromatic carbocycles. The number of hydrogen-bond acceptors (Lipinski definition) is 3. The van der Waals surface area contributed by atoms with Crippen LogP contribution in [0.5, 0.6) is 0 Å². The second kappa shape index (κ2) is 6.55. The molecule has 0 aromatic heterocycles. The summed E-state index contributed by atoms with van der Waals surface area (Å²) in [6.07, 6.45) is 0. The molecular formula is C9H11ClFN2OS+. The molecule has 1 aromatic rings. The van der Waals surface area contributed by atoms with Gasteiger partial charge in [0.05, 0.1) is 0 Å². The van der Waals surface area contributed by atoms with E-state index < -0.39 is 5.82 Å². The molecule has 1 unspecified atom stereocenters. The molecule has 0 amide bonds. The number of nitrogens with zero attached hydrogens (tertiary/aromatic N) is 1. The average molecular weight is 250 g/mol. The predicted octanol–water partition coefficient (Wildman–Crippen LogP) is 2.36. The van der Waals surface area contributed by atoms with Crippen molar-refractivity contribution in [2.45, 2.75) is 13.0 Å². The first-order valence-corrected chi connectivity index (χ1v) is 4.82. The molecule has 0 spiro atoms. The second-order valence-corrected chi connectivity index (χ2v) is 3.20. The maximum Gasteiger partial charge on any atom is 0.518 e. The van der Waals surface area contributed by atoms with E-state index in [0.717, 1.165) is 5.55 Å². The van der Waals surface area contributed by atoms with Crippen LogP contribution < -0.4 is 5.73 Å². The van der Waals surface area contributed by atoms with Crippen molar-refractivity contribution in [3.05, 3.63) is 29.6 Å². The maximum atomic E-state index is 13.5. The average Bonchev–Trinajstić information content (AvgIpc) is 2.16. The van der Waals surface area contributed by atoms with Gasteiger partial charge in [-0.15, -0.1) is 12.4 Å². The van der Waals surface area contributed by atoms with Gasteiger partial charge in [0.2, 0.25) is 0 Å². The summed E-state index contributed by atoms with van der Waals surface area (Å²) in [5.74, 6) is -0.465. The first kappa shape index (κ1) is 14.1. The van der Waals surface area contributed by atoms with E-state index in [1.54, 1.807) is 19.1 Å². The highest BCUT2D eigenvalue weighted by molar-refractivity contribution is 7.81. The van der Waals surface area contributed by atoms with Crippen LogP contribution in [-0.2, 0) is 15.9 Å². The molecular weight excluding hydrogens is 239 g/mol. The van der Waals surface area contributed by atoms with Crippen LogP contribution in [0.4, 0.5) is 10.1 Å². The minimum Gasteiger partial charge on any atom is -0.324 e. The van der Waals surface area contributed by atoms with Gasteiger partial charge in [-0.25, -0.2) is 4.39 Å². The molecule has 2 N–H and O–H groups in total. The number of halogens is 2. The molecule has 0 aliphatic rings. The molecule has 15 heavy (non-hydrogen) atoms. The van der Waals surface area contributed by atoms with Crippen molar-refractivity contribution in [2.75, 3.05) is 0 Å². The standard InChI is InChI=1S/C9H10FN2OS.ClH/c1-6(11)7-3-2-4-8(9(7)10)12-5-14-13;/h2-6H,11H2,1H3;1H/q+1;. The van der Waals surface area contributed by atoms with E-state index in [1.807, 2.05) is 0 Å². The monoisotopic (exact) mass is 249 g/mol. The number of benzene rings is 1. The van der Waals surface area contributed by atoms with Crippen molar-refractivity contribution in [2.24, 2.45) is 10.7 Å². The van der Waals surface area contributed by atoms with E-state index in [2.05, 4.69) is 4.99 Å². The lowest BCUT2D eigenvalue weighted by Gasteiger charge is -2.07. The number of rotatable bonds is 3. The van der Waals surface area contributed by atoms with Crippen LogP contribution in [0.25, 0.3) is 0 Å². The van der Waals surface area contributed by atoms with Gasteiger partial charge in [0.25, 0.3) is 0 Å². The topological polar surface area (TPSA) is 55.4 Å². The number of aliphatic imine (C=N–C) groups is 1. The van der Waals surface area contributed by atoms with Crippen molar-refractivity contribution in [3.63, 3.8) is 0 Å². The van der Waals surface area contributed by atoms with Crippen molar-refractivity contribution in [1.29, 1.82) is 0 Å². The van der Waals surface area contributed by atoms with E-state index in [-0.39, 0.29) is 35.8 Å². The largest absolute Gasteiger partial charge is 0.518 e. The third-order valence-corrected chi connectivity index (χ3v) is 1.93. The Hall–Kier alpha value is -0.910. The number of hydrogen-bond donors (Lipinski definition) is 1. The fourth-order valence-corrected chi connectivity index (χ4v) is 1.22. The minimum absolute atomic E-state index is 0. The zero-order chi connectivity index (χ0) is 10.6. The Labute approximate surface area is 97.5 Å². The van der Waals surface area contributed by atoms with E-state index in [0.29, 0.717) is 5.56 Å². The van der Waals surface area contributed by atoms with Crippen LogP contribution in [-0.4, -0.2) is 5.55 Å². The second-order valence-electron chi connectivity index (χ2n) is 2.80. The zero-order valence-corrected chi connectivity index (χ0v) is 9.65. The Morgan fingerprint density at radius 1 is 1.60 bits per heavy atom. The Bertz CT molecular complexity index is 371. The van der Waals surface area contributed by atoms with Gasteiger partial charge >= 0.3 is 17.2 Å². The van der Waals surface area contributed by atoms with E-state index >= 15 is 0 Å². The van der Waals surface area contributed by atoms with Crippen molar-refractivity contribution in [1.82, 2.24) is 0 Å². The number of nitrogens with two attached hydrogens (primary N) is 1. The third-order valence-electron chi connectivity index (χ3n) is 1.73. The van der Waals surface area contributed by atoms with Gasteiger partial charge in [-0.2, -0.15) is 4.99 Å². The maximum absolute atomic E-state index is 13.5. The van der Waals surface area contributed by atoms with Gasteiger partial charge in [-0.3, -0.25) is 0 Å². The van der Waals surface area contributed by atoms with Gasteiger partial charge in [0.1, 0.15) is 5.69 Å². The highest BCUT2D eigenvalue weighted by Crippen LogP contribution is 2.23. The quantitative estimate of drug-likeness (QED) is 0.508. The lowest BCUT2D eigenvalue weighted by molar-refractivity contribution is 0.596. The van der Waals surface area contributed by atoms with Gasteiger partial charge in [0, 0.05) is 15.8 Å². The predicted molar refractivity (Wildman–Crippen MR) is 62.5 cm³/mol. The van der Waals surface area contributed by atoms with Crippen LogP contribution in [0.3, 0.4) is 0 Å². The molecule has 0 saturated heterocycles. The molecule has 1 atom stereocenters. The normalized spacial score (nSPS) is 12.2. The van der Waals surface area contributed by atoms with Crippen molar-refractivity contribution in [3.8, 4) is 0 Å². The zero-order valence-electron chi connectivity index (χ0n) is 8.01. The Kier molecular flexibility index (Phi) is 6.15. The van der Waals surface area contributed by atoms with Crippen LogP contribution in [0.15, 0.2) is 23.2 Å². The van der Waals surface area contributed by atoms with Gasteiger partial charge < -0.3 is 5.73 Å². The van der Waals surface area contributed by atoms with E-state index in [1.165, 1.54) is 6.07 Å². The molecule has 0 aliphatic heterocycles. The van der Waals surface area contributed by atoms with Gasteiger partial charge in [-0.1, -0.05) is 12.1 Å². The first-order chi connectivity index (χ1) is 6.66. The SMILES string of the molecule is CC(N)c1cccc(N=C[S+]=O)c1F.Cl. The molecule has 3 nitrogen and oxygen atoms in total. The molecule has 0 heterocycles. The summed E-state index contributed by atoms with van der Waals surface area (Å²) >= 11 is 0.180. The molecule has 0 radical (unpaired) electrons. The molecule has 0 fully saturated rings. The lowest BCUT2D eigenvalue weighted by Crippen LogP contribution is -2.07. The molecule has 0 saturated carbocycles. The Balaban J connectivity index is 0.00000196. The molecule has 6 heteroatoms. The Morgan fingerprint density at radius 2 is 2.27 bits per heavy atom. The first-order valence-electron chi connectivity index (χ1n) is 4.02. The molecule has 1 rings (SSSR count). The summed E-state index contributed by atoms with van der Waals surface area (Å²) in [6, 6.07) is 4.37. The highest BCUT2D eigenvalue weighted by Gasteiger charge is 2.10. The summed E-state index contributed by atoms with van der Waals surface area (Å²) < 4.78 is 23.6. The van der Waals surface area contributed by atoms with E-state index in [9.17, 15) is 8.60 Å². The van der Waals surface area contributed by atoms with Crippen molar-refractivity contribution >= 4 is 35.3 Å². The van der Waals surface area contributed by atoms with E-state index in [4.69, 9.17) is 5.73 Å². The van der Waals surface area contributed by atoms with Crippen molar-refractivity contribution < 1.29 is 8.60 Å². The van der Waals surface area contributed by atoms with Crippen LogP contribution in [0.1, 0.15) is 18.5 Å². The molecule has 82 valence electrons.